The zero-order valence-corrected chi connectivity index (χ0v) is 14.3. The first-order valence-corrected chi connectivity index (χ1v) is 9.07. The Balaban J connectivity index is 1.48. The van der Waals surface area contributed by atoms with E-state index in [1.807, 2.05) is 24.5 Å². The molecule has 2 aromatic rings. The highest BCUT2D eigenvalue weighted by molar-refractivity contribution is 5.75. The predicted octanol–water partition coefficient (Wildman–Crippen LogP) is 2.32. The number of imidazole rings is 1. The van der Waals surface area contributed by atoms with Crippen LogP contribution in [0.1, 0.15) is 25.3 Å². The SMILES string of the molecule is COCCCN1C[C@H]2C[C@@H](n3cnc4ccccc43)[C@H](O)C[C@H]2C1. The third-order valence-corrected chi connectivity index (χ3v) is 5.85. The molecule has 24 heavy (non-hydrogen) atoms. The molecule has 5 heteroatoms. The summed E-state index contributed by atoms with van der Waals surface area (Å²) in [5.74, 6) is 1.32. The van der Waals surface area contributed by atoms with Gasteiger partial charge < -0.3 is 19.3 Å². The number of fused-ring (bicyclic) bond motifs is 2. The van der Waals surface area contributed by atoms with E-state index in [4.69, 9.17) is 4.74 Å². The Hall–Kier alpha value is -1.43. The molecular weight excluding hydrogens is 302 g/mol. The van der Waals surface area contributed by atoms with Gasteiger partial charge in [-0.2, -0.15) is 0 Å². The van der Waals surface area contributed by atoms with Gasteiger partial charge >= 0.3 is 0 Å². The van der Waals surface area contributed by atoms with Gasteiger partial charge in [-0.15, -0.1) is 0 Å². The molecule has 130 valence electrons. The van der Waals surface area contributed by atoms with Gasteiger partial charge in [0.25, 0.3) is 0 Å². The van der Waals surface area contributed by atoms with Crippen molar-refractivity contribution in [1.82, 2.24) is 14.5 Å². The van der Waals surface area contributed by atoms with Crippen LogP contribution >= 0.6 is 0 Å². The monoisotopic (exact) mass is 329 g/mol. The standard InChI is InChI=1S/C19H27N3O2/c1-24-8-4-7-21-11-14-9-18(19(23)10-15(14)12-21)22-13-20-16-5-2-3-6-17(16)22/h2-3,5-6,13-15,18-19,23H,4,7-12H2,1H3/t14-,15+,18-,19-/m1/s1. The van der Waals surface area contributed by atoms with E-state index in [1.54, 1.807) is 7.11 Å². The van der Waals surface area contributed by atoms with Gasteiger partial charge in [0, 0.05) is 33.4 Å². The van der Waals surface area contributed by atoms with Crippen molar-refractivity contribution in [2.45, 2.75) is 31.4 Å². The van der Waals surface area contributed by atoms with Gasteiger partial charge in [0.2, 0.25) is 0 Å². The smallest absolute Gasteiger partial charge is 0.0961 e. The van der Waals surface area contributed by atoms with Crippen molar-refractivity contribution in [2.75, 3.05) is 33.4 Å². The van der Waals surface area contributed by atoms with Gasteiger partial charge in [-0.25, -0.2) is 4.98 Å². The molecule has 1 aromatic heterocycles. The molecule has 2 fully saturated rings. The van der Waals surface area contributed by atoms with Crippen LogP contribution in [0.2, 0.25) is 0 Å². The van der Waals surface area contributed by atoms with Gasteiger partial charge in [0.05, 0.1) is 29.5 Å². The number of aliphatic hydroxyl groups is 1. The van der Waals surface area contributed by atoms with Crippen LogP contribution < -0.4 is 0 Å². The molecule has 2 aliphatic rings. The van der Waals surface area contributed by atoms with E-state index in [2.05, 4.69) is 20.5 Å². The quantitative estimate of drug-likeness (QED) is 0.856. The van der Waals surface area contributed by atoms with E-state index in [9.17, 15) is 5.11 Å². The third kappa shape index (κ3) is 2.96. The molecule has 4 atom stereocenters. The number of aromatic nitrogens is 2. The number of para-hydroxylation sites is 2. The number of likely N-dealkylation sites (tertiary alicyclic amines) is 1. The molecule has 1 aliphatic heterocycles. The molecule has 2 heterocycles. The van der Waals surface area contributed by atoms with Crippen molar-refractivity contribution in [2.24, 2.45) is 11.8 Å². The van der Waals surface area contributed by atoms with Crippen LogP contribution in [0.25, 0.3) is 11.0 Å². The number of aliphatic hydroxyl groups excluding tert-OH is 1. The second-order valence-electron chi connectivity index (χ2n) is 7.37. The molecular formula is C19H27N3O2. The lowest BCUT2D eigenvalue weighted by Crippen LogP contribution is -2.36. The second kappa shape index (κ2) is 6.82. The minimum atomic E-state index is -0.275. The van der Waals surface area contributed by atoms with E-state index in [1.165, 1.54) is 0 Å². The maximum atomic E-state index is 10.8. The number of nitrogens with zero attached hydrogens (tertiary/aromatic N) is 3. The number of benzene rings is 1. The molecule has 1 aliphatic carbocycles. The molecule has 1 aromatic carbocycles. The fraction of sp³-hybridized carbons (Fsp3) is 0.632. The molecule has 4 rings (SSSR count). The maximum Gasteiger partial charge on any atom is 0.0961 e. The van der Waals surface area contributed by atoms with Gasteiger partial charge in [-0.1, -0.05) is 12.1 Å². The zero-order chi connectivity index (χ0) is 16.5. The van der Waals surface area contributed by atoms with Crippen molar-refractivity contribution < 1.29 is 9.84 Å². The summed E-state index contributed by atoms with van der Waals surface area (Å²) < 4.78 is 7.37. The molecule has 0 radical (unpaired) electrons. The van der Waals surface area contributed by atoms with Crippen LogP contribution in [0, 0.1) is 11.8 Å². The maximum absolute atomic E-state index is 10.8. The lowest BCUT2D eigenvalue weighted by atomic mass is 9.77. The molecule has 0 unspecified atom stereocenters. The first-order valence-electron chi connectivity index (χ1n) is 9.07. The lowest BCUT2D eigenvalue weighted by molar-refractivity contribution is 0.0374. The molecule has 0 bridgehead atoms. The van der Waals surface area contributed by atoms with Gasteiger partial charge in [-0.05, 0) is 43.2 Å². The van der Waals surface area contributed by atoms with Crippen LogP contribution in [0.4, 0.5) is 0 Å². The number of ether oxygens (including phenoxy) is 1. The topological polar surface area (TPSA) is 50.5 Å². The third-order valence-electron chi connectivity index (χ3n) is 5.85. The van der Waals surface area contributed by atoms with Crippen LogP contribution in [-0.4, -0.2) is 59.0 Å². The molecule has 1 saturated carbocycles. The minimum absolute atomic E-state index is 0.151. The Labute approximate surface area is 143 Å². The highest BCUT2D eigenvalue weighted by Gasteiger charge is 2.42. The normalized spacial score (nSPS) is 30.8. The predicted molar refractivity (Wildman–Crippen MR) is 93.9 cm³/mol. The van der Waals surface area contributed by atoms with E-state index >= 15 is 0 Å². The fourth-order valence-electron chi connectivity index (χ4n) is 4.66. The summed E-state index contributed by atoms with van der Waals surface area (Å²) in [4.78, 5) is 7.06. The van der Waals surface area contributed by atoms with Gasteiger partial charge in [0.15, 0.2) is 0 Å². The van der Waals surface area contributed by atoms with E-state index in [0.29, 0.717) is 11.8 Å². The lowest BCUT2D eigenvalue weighted by Gasteiger charge is -2.36. The number of rotatable bonds is 5. The van der Waals surface area contributed by atoms with Crippen molar-refractivity contribution >= 4 is 11.0 Å². The Kier molecular flexibility index (Phi) is 4.57. The fourth-order valence-corrected chi connectivity index (χ4v) is 4.66. The van der Waals surface area contributed by atoms with Crippen molar-refractivity contribution in [3.05, 3.63) is 30.6 Å². The largest absolute Gasteiger partial charge is 0.391 e. The molecule has 1 saturated heterocycles. The van der Waals surface area contributed by atoms with Crippen molar-refractivity contribution in [3.63, 3.8) is 0 Å². The number of methoxy groups -OCH3 is 1. The summed E-state index contributed by atoms with van der Waals surface area (Å²) in [6, 6.07) is 8.36. The van der Waals surface area contributed by atoms with Crippen LogP contribution in [0.15, 0.2) is 30.6 Å². The summed E-state index contributed by atoms with van der Waals surface area (Å²) >= 11 is 0. The summed E-state index contributed by atoms with van der Waals surface area (Å²) in [5.41, 5.74) is 2.15. The van der Waals surface area contributed by atoms with Crippen LogP contribution in [0.5, 0.6) is 0 Å². The first kappa shape index (κ1) is 16.1. The Morgan fingerprint density at radius 1 is 1.21 bits per heavy atom. The summed E-state index contributed by atoms with van der Waals surface area (Å²) in [6.45, 7) is 4.22. The minimum Gasteiger partial charge on any atom is -0.391 e. The average Bonchev–Trinajstić information content (AvgIpc) is 3.17. The van der Waals surface area contributed by atoms with Crippen molar-refractivity contribution in [3.8, 4) is 0 Å². The first-order chi connectivity index (χ1) is 11.8. The van der Waals surface area contributed by atoms with E-state index in [-0.39, 0.29) is 12.1 Å². The molecule has 1 N–H and O–H groups in total. The van der Waals surface area contributed by atoms with Crippen LogP contribution in [-0.2, 0) is 4.74 Å². The second-order valence-corrected chi connectivity index (χ2v) is 7.37. The zero-order valence-electron chi connectivity index (χ0n) is 14.3. The van der Waals surface area contributed by atoms with Crippen LogP contribution in [0.3, 0.4) is 0 Å². The van der Waals surface area contributed by atoms with E-state index in [0.717, 1.165) is 56.5 Å². The summed E-state index contributed by atoms with van der Waals surface area (Å²) in [5, 5.41) is 10.8. The summed E-state index contributed by atoms with van der Waals surface area (Å²) in [6.07, 6.45) is 4.68. The average molecular weight is 329 g/mol. The van der Waals surface area contributed by atoms with Crippen molar-refractivity contribution in [1.29, 1.82) is 0 Å². The highest BCUT2D eigenvalue weighted by atomic mass is 16.5. The Morgan fingerprint density at radius 2 is 2.00 bits per heavy atom. The van der Waals surface area contributed by atoms with Gasteiger partial charge in [0.1, 0.15) is 0 Å². The molecule has 5 nitrogen and oxygen atoms in total. The van der Waals surface area contributed by atoms with E-state index < -0.39 is 0 Å². The van der Waals surface area contributed by atoms with Gasteiger partial charge in [-0.3, -0.25) is 0 Å². The summed E-state index contributed by atoms with van der Waals surface area (Å²) in [7, 11) is 1.76. The Bertz CT molecular complexity index is 686. The Morgan fingerprint density at radius 3 is 2.83 bits per heavy atom. The number of hydrogen-bond acceptors (Lipinski definition) is 4. The molecule has 0 amide bonds. The highest BCUT2D eigenvalue weighted by Crippen LogP contribution is 2.42. The number of hydrogen-bond donors (Lipinski definition) is 1. The molecule has 0 spiro atoms.